The molecule has 0 bridgehead atoms. The van der Waals surface area contributed by atoms with E-state index in [4.69, 9.17) is 15.6 Å². The van der Waals surface area contributed by atoms with Crippen LogP contribution in [0.25, 0.3) is 0 Å². The maximum Gasteiger partial charge on any atom is 0.143 e. The Morgan fingerprint density at radius 2 is 2.00 bits per heavy atom. The third-order valence-electron chi connectivity index (χ3n) is 3.98. The van der Waals surface area contributed by atoms with Gasteiger partial charge in [-0.15, -0.1) is 0 Å². The number of hydrogen-bond donors (Lipinski definition) is 2. The van der Waals surface area contributed by atoms with Gasteiger partial charge in [0, 0.05) is 30.2 Å². The third-order valence-corrected chi connectivity index (χ3v) is 3.98. The van der Waals surface area contributed by atoms with Crippen LogP contribution in [0.15, 0.2) is 6.07 Å². The topological polar surface area (TPSA) is 73.1 Å². The normalized spacial score (nSPS) is 24.6. The second-order valence-corrected chi connectivity index (χ2v) is 5.22. The summed E-state index contributed by atoms with van der Waals surface area (Å²) in [6, 6.07) is 2.00. The Morgan fingerprint density at radius 1 is 1.17 bits per heavy atom. The number of rotatable bonds is 3. The zero-order valence-corrected chi connectivity index (χ0v) is 10.6. The minimum absolute atomic E-state index is 0.332. The fourth-order valence-electron chi connectivity index (χ4n) is 2.91. The van der Waals surface area contributed by atoms with E-state index in [0.29, 0.717) is 11.8 Å². The third kappa shape index (κ3) is 2.33. The van der Waals surface area contributed by atoms with Crippen molar-refractivity contribution in [3.05, 3.63) is 17.6 Å². The van der Waals surface area contributed by atoms with Gasteiger partial charge in [0.25, 0.3) is 0 Å². The highest BCUT2D eigenvalue weighted by Gasteiger charge is 2.24. The van der Waals surface area contributed by atoms with Crippen molar-refractivity contribution >= 4 is 5.82 Å². The van der Waals surface area contributed by atoms with Gasteiger partial charge in [-0.1, -0.05) is 12.8 Å². The smallest absolute Gasteiger partial charge is 0.143 e. The number of hydrogen-bond acceptors (Lipinski definition) is 5. The first-order chi connectivity index (χ1) is 8.86. The van der Waals surface area contributed by atoms with Gasteiger partial charge in [-0.05, 0) is 19.3 Å². The number of nitrogens with two attached hydrogens (primary N) is 1. The lowest BCUT2D eigenvalue weighted by atomic mass is 10.0. The van der Waals surface area contributed by atoms with Crippen molar-refractivity contribution in [2.75, 3.05) is 18.6 Å². The predicted octanol–water partition coefficient (Wildman–Crippen LogP) is 1.92. The Kier molecular flexibility index (Phi) is 3.43. The predicted molar refractivity (Wildman–Crippen MR) is 69.2 cm³/mol. The van der Waals surface area contributed by atoms with Crippen molar-refractivity contribution in [3.8, 4) is 0 Å². The Bertz CT molecular complexity index is 377. The summed E-state index contributed by atoms with van der Waals surface area (Å²) in [5.74, 6) is 8.05. The van der Waals surface area contributed by atoms with Crippen molar-refractivity contribution in [1.29, 1.82) is 0 Å². The SMILES string of the molecule is NNc1cc(C2CCCC2)nc(C2CCOC2)n1. The summed E-state index contributed by atoms with van der Waals surface area (Å²) in [7, 11) is 0. The summed E-state index contributed by atoms with van der Waals surface area (Å²) in [5.41, 5.74) is 3.81. The van der Waals surface area contributed by atoms with E-state index >= 15 is 0 Å². The van der Waals surface area contributed by atoms with Gasteiger partial charge in [0.1, 0.15) is 11.6 Å². The minimum atomic E-state index is 0.332. The van der Waals surface area contributed by atoms with Gasteiger partial charge in [-0.3, -0.25) is 0 Å². The van der Waals surface area contributed by atoms with Crippen LogP contribution in [-0.2, 0) is 4.74 Å². The van der Waals surface area contributed by atoms with Gasteiger partial charge < -0.3 is 10.2 Å². The Balaban J connectivity index is 1.90. The Labute approximate surface area is 107 Å². The van der Waals surface area contributed by atoms with Crippen LogP contribution in [-0.4, -0.2) is 23.2 Å². The molecule has 5 heteroatoms. The molecule has 0 aromatic carbocycles. The zero-order chi connectivity index (χ0) is 12.4. The van der Waals surface area contributed by atoms with Crippen molar-refractivity contribution in [3.63, 3.8) is 0 Å². The number of hydrazine groups is 1. The van der Waals surface area contributed by atoms with Crippen LogP contribution in [0, 0.1) is 0 Å². The first-order valence-electron chi connectivity index (χ1n) is 6.80. The largest absolute Gasteiger partial charge is 0.381 e. The van der Waals surface area contributed by atoms with Crippen LogP contribution in [0.4, 0.5) is 5.82 Å². The molecule has 3 rings (SSSR count). The second kappa shape index (κ2) is 5.20. The standard InChI is InChI=1S/C13H20N4O/c14-17-12-7-11(9-3-1-2-4-9)15-13(16-12)10-5-6-18-8-10/h7,9-10H,1-6,8,14H2,(H,15,16,17). The first-order valence-corrected chi connectivity index (χ1v) is 6.80. The number of anilines is 1. The van der Waals surface area contributed by atoms with Crippen LogP contribution < -0.4 is 11.3 Å². The summed E-state index contributed by atoms with van der Waals surface area (Å²) in [5, 5.41) is 0. The highest BCUT2D eigenvalue weighted by atomic mass is 16.5. The number of nitrogens with zero attached hydrogens (tertiary/aromatic N) is 2. The monoisotopic (exact) mass is 248 g/mol. The van der Waals surface area contributed by atoms with E-state index < -0.39 is 0 Å². The van der Waals surface area contributed by atoms with Crippen LogP contribution in [0.1, 0.15) is 55.5 Å². The van der Waals surface area contributed by atoms with Gasteiger partial charge in [0.15, 0.2) is 0 Å². The lowest BCUT2D eigenvalue weighted by Gasteiger charge is -2.14. The highest BCUT2D eigenvalue weighted by molar-refractivity contribution is 5.36. The Morgan fingerprint density at radius 3 is 2.67 bits per heavy atom. The molecule has 3 N–H and O–H groups in total. The van der Waals surface area contributed by atoms with Gasteiger partial charge in [-0.2, -0.15) is 0 Å². The fourth-order valence-corrected chi connectivity index (χ4v) is 2.91. The maximum atomic E-state index is 5.51. The van der Waals surface area contributed by atoms with Gasteiger partial charge in [0.05, 0.1) is 6.61 Å². The molecule has 0 radical (unpaired) electrons. The number of ether oxygens (including phenoxy) is 1. The summed E-state index contributed by atoms with van der Waals surface area (Å²) >= 11 is 0. The molecular weight excluding hydrogens is 228 g/mol. The molecule has 5 nitrogen and oxygen atoms in total. The van der Waals surface area contributed by atoms with E-state index in [2.05, 4.69) is 10.4 Å². The van der Waals surface area contributed by atoms with Crippen molar-refractivity contribution in [2.24, 2.45) is 5.84 Å². The number of nitrogens with one attached hydrogen (secondary N) is 1. The van der Waals surface area contributed by atoms with E-state index in [1.165, 1.54) is 25.7 Å². The number of nitrogen functional groups attached to an aromatic ring is 1. The molecule has 1 unspecified atom stereocenters. The molecule has 2 heterocycles. The van der Waals surface area contributed by atoms with Crippen LogP contribution in [0.2, 0.25) is 0 Å². The molecule has 1 aliphatic carbocycles. The molecule has 2 aliphatic rings. The molecule has 2 fully saturated rings. The molecule has 98 valence electrons. The summed E-state index contributed by atoms with van der Waals surface area (Å²) in [6.45, 7) is 1.55. The molecule has 1 aromatic rings. The molecule has 1 saturated heterocycles. The number of aromatic nitrogens is 2. The van der Waals surface area contributed by atoms with Crippen molar-refractivity contribution < 1.29 is 4.74 Å². The van der Waals surface area contributed by atoms with E-state index in [1.807, 2.05) is 6.07 Å². The van der Waals surface area contributed by atoms with Crippen LogP contribution in [0.3, 0.4) is 0 Å². The zero-order valence-electron chi connectivity index (χ0n) is 10.6. The molecule has 1 aliphatic heterocycles. The average molecular weight is 248 g/mol. The average Bonchev–Trinajstić information content (AvgIpc) is 3.10. The van der Waals surface area contributed by atoms with Crippen molar-refractivity contribution in [2.45, 2.75) is 43.9 Å². The second-order valence-electron chi connectivity index (χ2n) is 5.22. The molecular formula is C13H20N4O. The molecule has 18 heavy (non-hydrogen) atoms. The minimum Gasteiger partial charge on any atom is -0.381 e. The molecule has 0 spiro atoms. The molecule has 0 amide bonds. The summed E-state index contributed by atoms with van der Waals surface area (Å²) in [6.07, 6.45) is 6.10. The molecule has 1 atom stereocenters. The van der Waals surface area contributed by atoms with E-state index in [0.717, 1.165) is 37.0 Å². The molecule has 1 saturated carbocycles. The van der Waals surface area contributed by atoms with Crippen molar-refractivity contribution in [1.82, 2.24) is 9.97 Å². The first kappa shape index (κ1) is 11.9. The lowest BCUT2D eigenvalue weighted by Crippen LogP contribution is -2.14. The summed E-state index contributed by atoms with van der Waals surface area (Å²) < 4.78 is 5.42. The summed E-state index contributed by atoms with van der Waals surface area (Å²) in [4.78, 5) is 9.24. The quantitative estimate of drug-likeness (QED) is 0.631. The van der Waals surface area contributed by atoms with Crippen LogP contribution in [0.5, 0.6) is 0 Å². The van der Waals surface area contributed by atoms with Gasteiger partial charge in [0.2, 0.25) is 0 Å². The van der Waals surface area contributed by atoms with Gasteiger partial charge >= 0.3 is 0 Å². The van der Waals surface area contributed by atoms with E-state index in [1.54, 1.807) is 0 Å². The Hall–Kier alpha value is -1.20. The van der Waals surface area contributed by atoms with Crippen LogP contribution >= 0.6 is 0 Å². The lowest BCUT2D eigenvalue weighted by molar-refractivity contribution is 0.193. The maximum absolute atomic E-state index is 5.51. The van der Waals surface area contributed by atoms with E-state index in [9.17, 15) is 0 Å². The fraction of sp³-hybridized carbons (Fsp3) is 0.692. The molecule has 1 aromatic heterocycles. The highest BCUT2D eigenvalue weighted by Crippen LogP contribution is 2.34. The van der Waals surface area contributed by atoms with Gasteiger partial charge in [-0.25, -0.2) is 15.8 Å². The van der Waals surface area contributed by atoms with E-state index in [-0.39, 0.29) is 0 Å².